The number of sulfonamides is 1. The van der Waals surface area contributed by atoms with Gasteiger partial charge in [0.05, 0.1) is 10.6 Å². The molecule has 5 nitrogen and oxygen atoms in total. The molecule has 0 atom stereocenters. The predicted molar refractivity (Wildman–Crippen MR) is 133 cm³/mol. The van der Waals surface area contributed by atoms with Crippen LogP contribution < -0.4 is 9.62 Å². The van der Waals surface area contributed by atoms with Crippen LogP contribution in [0.15, 0.2) is 114 Å². The maximum absolute atomic E-state index is 13.2. The SMILES string of the molecule is CCN(c1ccccc1)S(=O)(=O)c1ccc(C(=O)Nc2ccccc2-c2ccccc2)cc1. The fourth-order valence-electron chi connectivity index (χ4n) is 3.65. The molecule has 0 saturated carbocycles. The molecule has 4 aromatic rings. The van der Waals surface area contributed by atoms with E-state index >= 15 is 0 Å². The number of carbonyl (C=O) groups is 1. The van der Waals surface area contributed by atoms with E-state index in [0.717, 1.165) is 11.1 Å². The van der Waals surface area contributed by atoms with Crippen LogP contribution in [0.4, 0.5) is 11.4 Å². The Morgan fingerprint density at radius 1 is 0.758 bits per heavy atom. The van der Waals surface area contributed by atoms with Crippen LogP contribution in [0.2, 0.25) is 0 Å². The minimum absolute atomic E-state index is 0.134. The molecule has 0 unspecified atom stereocenters. The second-order valence-electron chi connectivity index (χ2n) is 7.40. The molecule has 0 spiro atoms. The molecule has 0 fully saturated rings. The fourth-order valence-corrected chi connectivity index (χ4v) is 5.12. The van der Waals surface area contributed by atoms with Crippen LogP contribution in [0.5, 0.6) is 0 Å². The van der Waals surface area contributed by atoms with E-state index in [1.165, 1.54) is 28.6 Å². The van der Waals surface area contributed by atoms with Gasteiger partial charge in [0, 0.05) is 23.4 Å². The summed E-state index contributed by atoms with van der Waals surface area (Å²) in [4.78, 5) is 13.0. The molecule has 4 aromatic carbocycles. The normalized spacial score (nSPS) is 11.1. The average Bonchev–Trinajstić information content (AvgIpc) is 2.86. The van der Waals surface area contributed by atoms with Crippen molar-refractivity contribution in [2.45, 2.75) is 11.8 Å². The quantitative estimate of drug-likeness (QED) is 0.381. The topological polar surface area (TPSA) is 66.5 Å². The first-order valence-electron chi connectivity index (χ1n) is 10.6. The molecular formula is C27H24N2O3S. The highest BCUT2D eigenvalue weighted by molar-refractivity contribution is 7.92. The first-order valence-corrected chi connectivity index (χ1v) is 12.1. The Morgan fingerprint density at radius 2 is 1.33 bits per heavy atom. The summed E-state index contributed by atoms with van der Waals surface area (Å²) in [6.45, 7) is 2.08. The molecule has 166 valence electrons. The summed E-state index contributed by atoms with van der Waals surface area (Å²) < 4.78 is 27.7. The first-order chi connectivity index (χ1) is 16.0. The Hall–Kier alpha value is -3.90. The summed E-state index contributed by atoms with van der Waals surface area (Å²) in [7, 11) is -3.75. The van der Waals surface area contributed by atoms with Crippen molar-refractivity contribution >= 4 is 27.3 Å². The number of para-hydroxylation sites is 2. The Balaban J connectivity index is 1.56. The fraction of sp³-hybridized carbons (Fsp3) is 0.0741. The van der Waals surface area contributed by atoms with E-state index in [-0.39, 0.29) is 10.8 Å². The van der Waals surface area contributed by atoms with Gasteiger partial charge in [-0.25, -0.2) is 8.42 Å². The number of amides is 1. The third kappa shape index (κ3) is 4.81. The second kappa shape index (κ2) is 9.71. The molecular weight excluding hydrogens is 432 g/mol. The zero-order chi connectivity index (χ0) is 23.3. The van der Waals surface area contributed by atoms with Crippen molar-refractivity contribution in [1.82, 2.24) is 0 Å². The van der Waals surface area contributed by atoms with E-state index in [2.05, 4.69) is 5.32 Å². The zero-order valence-corrected chi connectivity index (χ0v) is 19.0. The summed E-state index contributed by atoms with van der Waals surface area (Å²) in [5.74, 6) is -0.308. The first kappa shape index (κ1) is 22.3. The average molecular weight is 457 g/mol. The molecule has 0 aromatic heterocycles. The smallest absolute Gasteiger partial charge is 0.264 e. The van der Waals surface area contributed by atoms with E-state index < -0.39 is 10.0 Å². The van der Waals surface area contributed by atoms with Crippen molar-refractivity contribution < 1.29 is 13.2 Å². The standard InChI is InChI=1S/C27H24N2O3S/c1-2-29(23-13-7-4-8-14-23)33(31,32)24-19-17-22(18-20-24)27(30)28-26-16-10-9-15-25(26)21-11-5-3-6-12-21/h3-20H,2H2,1H3,(H,28,30). The predicted octanol–water partition coefficient (Wildman–Crippen LogP) is 5.82. The maximum Gasteiger partial charge on any atom is 0.264 e. The maximum atomic E-state index is 13.2. The Bertz CT molecular complexity index is 1340. The molecule has 0 aliphatic heterocycles. The number of nitrogens with one attached hydrogen (secondary N) is 1. The minimum atomic E-state index is -3.75. The van der Waals surface area contributed by atoms with Gasteiger partial charge < -0.3 is 5.32 Å². The minimum Gasteiger partial charge on any atom is -0.321 e. The highest BCUT2D eigenvalue weighted by atomic mass is 32.2. The van der Waals surface area contributed by atoms with E-state index in [9.17, 15) is 13.2 Å². The molecule has 0 radical (unpaired) electrons. The van der Waals surface area contributed by atoms with Crippen LogP contribution in [0, 0.1) is 0 Å². The van der Waals surface area contributed by atoms with Gasteiger partial charge in [-0.1, -0.05) is 66.7 Å². The van der Waals surface area contributed by atoms with Gasteiger partial charge in [0.1, 0.15) is 0 Å². The third-order valence-corrected chi connectivity index (χ3v) is 7.21. The van der Waals surface area contributed by atoms with Crippen molar-refractivity contribution in [2.24, 2.45) is 0 Å². The number of rotatable bonds is 7. The molecule has 0 bridgehead atoms. The van der Waals surface area contributed by atoms with Crippen molar-refractivity contribution in [1.29, 1.82) is 0 Å². The van der Waals surface area contributed by atoms with Crippen molar-refractivity contribution in [3.8, 4) is 11.1 Å². The molecule has 1 N–H and O–H groups in total. The lowest BCUT2D eigenvalue weighted by molar-refractivity contribution is 0.102. The van der Waals surface area contributed by atoms with Crippen LogP contribution >= 0.6 is 0 Å². The van der Waals surface area contributed by atoms with Gasteiger partial charge in [-0.3, -0.25) is 9.10 Å². The van der Waals surface area contributed by atoms with Crippen LogP contribution in [0.25, 0.3) is 11.1 Å². The lowest BCUT2D eigenvalue weighted by Crippen LogP contribution is -2.30. The van der Waals surface area contributed by atoms with Crippen molar-refractivity contribution in [2.75, 3.05) is 16.2 Å². The van der Waals surface area contributed by atoms with Gasteiger partial charge in [-0.2, -0.15) is 0 Å². The molecule has 4 rings (SSSR count). The monoisotopic (exact) mass is 456 g/mol. The summed E-state index contributed by atoms with van der Waals surface area (Å²) in [6, 6.07) is 32.3. The Morgan fingerprint density at radius 3 is 1.97 bits per heavy atom. The molecule has 0 saturated heterocycles. The van der Waals surface area contributed by atoms with E-state index in [1.807, 2.05) is 60.7 Å². The number of hydrogen-bond donors (Lipinski definition) is 1. The molecule has 1 amide bonds. The second-order valence-corrected chi connectivity index (χ2v) is 9.26. The lowest BCUT2D eigenvalue weighted by atomic mass is 10.0. The van der Waals surface area contributed by atoms with E-state index in [4.69, 9.17) is 0 Å². The van der Waals surface area contributed by atoms with E-state index in [0.29, 0.717) is 23.5 Å². The highest BCUT2D eigenvalue weighted by Crippen LogP contribution is 2.28. The van der Waals surface area contributed by atoms with Crippen LogP contribution in [0.1, 0.15) is 17.3 Å². The van der Waals surface area contributed by atoms with Crippen molar-refractivity contribution in [3.63, 3.8) is 0 Å². The summed E-state index contributed by atoms with van der Waals surface area (Å²) in [5, 5.41) is 2.94. The van der Waals surface area contributed by atoms with Gasteiger partial charge in [-0.15, -0.1) is 0 Å². The molecule has 33 heavy (non-hydrogen) atoms. The number of carbonyl (C=O) groups excluding carboxylic acids is 1. The molecule has 6 heteroatoms. The summed E-state index contributed by atoms with van der Waals surface area (Å²) in [5.41, 5.74) is 3.56. The van der Waals surface area contributed by atoms with Gasteiger partial charge in [0.25, 0.3) is 15.9 Å². The van der Waals surface area contributed by atoms with Gasteiger partial charge in [0.2, 0.25) is 0 Å². The molecule has 0 heterocycles. The summed E-state index contributed by atoms with van der Waals surface area (Å²) >= 11 is 0. The lowest BCUT2D eigenvalue weighted by Gasteiger charge is -2.23. The van der Waals surface area contributed by atoms with Gasteiger partial charge >= 0.3 is 0 Å². The largest absolute Gasteiger partial charge is 0.321 e. The van der Waals surface area contributed by atoms with E-state index in [1.54, 1.807) is 31.2 Å². The third-order valence-electron chi connectivity index (χ3n) is 5.30. The highest BCUT2D eigenvalue weighted by Gasteiger charge is 2.23. The van der Waals surface area contributed by atoms with Gasteiger partial charge in [0.15, 0.2) is 0 Å². The van der Waals surface area contributed by atoms with Crippen LogP contribution in [-0.4, -0.2) is 20.9 Å². The van der Waals surface area contributed by atoms with Crippen molar-refractivity contribution in [3.05, 3.63) is 115 Å². The summed E-state index contributed by atoms with van der Waals surface area (Å²) in [6.07, 6.45) is 0. The number of anilines is 2. The van der Waals surface area contributed by atoms with Crippen LogP contribution in [0.3, 0.4) is 0 Å². The molecule has 0 aliphatic rings. The molecule has 0 aliphatic carbocycles. The number of nitrogens with zero attached hydrogens (tertiary/aromatic N) is 1. The zero-order valence-electron chi connectivity index (χ0n) is 18.2. The number of benzene rings is 4. The van der Waals surface area contributed by atoms with Crippen LogP contribution in [-0.2, 0) is 10.0 Å². The Labute approximate surface area is 194 Å². The number of hydrogen-bond acceptors (Lipinski definition) is 3. The Kier molecular flexibility index (Phi) is 6.56. The van der Waals surface area contributed by atoms with Gasteiger partial charge in [-0.05, 0) is 55.0 Å².